The Bertz CT molecular complexity index is 604. The second-order valence-corrected chi connectivity index (χ2v) is 8.40. The van der Waals surface area contributed by atoms with E-state index in [0.717, 1.165) is 24.4 Å². The molecular weight excluding hydrogens is 302 g/mol. The maximum Gasteiger partial charge on any atom is 0.214 e. The van der Waals surface area contributed by atoms with Crippen molar-refractivity contribution in [1.82, 2.24) is 14.2 Å². The smallest absolute Gasteiger partial charge is 0.214 e. The molecule has 2 rings (SSSR count). The molecule has 2 atom stereocenters. The molecule has 0 saturated carbocycles. The van der Waals surface area contributed by atoms with Crippen LogP contribution < -0.4 is 0 Å². The third-order valence-corrected chi connectivity index (χ3v) is 6.06. The van der Waals surface area contributed by atoms with Crippen LogP contribution in [0.2, 0.25) is 0 Å². The standard InChI is InChI=1S/C15H25N3O3S/c1-12-5-4-6-14(16-12)7-8-18-9-13(15(19)10-18)11-22(20,21)17(2)3/h4-6,13,15,19H,7-11H2,1-3H3/t13-,15-/m0/s1. The summed E-state index contributed by atoms with van der Waals surface area (Å²) in [4.78, 5) is 6.58. The Hall–Kier alpha value is -1.02. The topological polar surface area (TPSA) is 73.7 Å². The van der Waals surface area contributed by atoms with E-state index in [1.807, 2.05) is 25.1 Å². The first-order chi connectivity index (χ1) is 10.3. The Morgan fingerprint density at radius 1 is 1.36 bits per heavy atom. The van der Waals surface area contributed by atoms with Crippen LogP contribution in [0.5, 0.6) is 0 Å². The predicted octanol–water partition coefficient (Wildman–Crippen LogP) is 0.117. The summed E-state index contributed by atoms with van der Waals surface area (Å²) in [7, 11) is -0.225. The maximum absolute atomic E-state index is 11.9. The van der Waals surface area contributed by atoms with Gasteiger partial charge in [-0.3, -0.25) is 9.88 Å². The SMILES string of the molecule is Cc1cccc(CCN2C[C@@H](CS(=O)(=O)N(C)C)[C@@H](O)C2)n1. The summed E-state index contributed by atoms with van der Waals surface area (Å²) in [5, 5.41) is 10.1. The van der Waals surface area contributed by atoms with E-state index < -0.39 is 16.1 Å². The summed E-state index contributed by atoms with van der Waals surface area (Å²) >= 11 is 0. The van der Waals surface area contributed by atoms with Crippen LogP contribution in [-0.2, 0) is 16.4 Å². The minimum absolute atomic E-state index is 0.000359. The first kappa shape index (κ1) is 17.3. The molecule has 2 heterocycles. The van der Waals surface area contributed by atoms with Gasteiger partial charge in [0.25, 0.3) is 0 Å². The summed E-state index contributed by atoms with van der Waals surface area (Å²) in [6.07, 6.45) is 0.224. The number of hydrogen-bond donors (Lipinski definition) is 1. The van der Waals surface area contributed by atoms with Crippen LogP contribution in [0.4, 0.5) is 0 Å². The van der Waals surface area contributed by atoms with E-state index in [4.69, 9.17) is 0 Å². The van der Waals surface area contributed by atoms with Crippen molar-refractivity contribution in [3.8, 4) is 0 Å². The van der Waals surface area contributed by atoms with Crippen molar-refractivity contribution in [2.24, 2.45) is 5.92 Å². The summed E-state index contributed by atoms with van der Waals surface area (Å²) in [5.74, 6) is -0.224. The number of sulfonamides is 1. The molecule has 1 aliphatic rings. The lowest BCUT2D eigenvalue weighted by Gasteiger charge is -2.18. The number of aromatic nitrogens is 1. The van der Waals surface area contributed by atoms with Crippen molar-refractivity contribution in [3.63, 3.8) is 0 Å². The normalized spacial score (nSPS) is 23.3. The van der Waals surface area contributed by atoms with Gasteiger partial charge in [-0.2, -0.15) is 0 Å². The van der Waals surface area contributed by atoms with Crippen LogP contribution in [0.25, 0.3) is 0 Å². The number of rotatable bonds is 6. The van der Waals surface area contributed by atoms with E-state index in [2.05, 4.69) is 9.88 Å². The molecule has 0 amide bonds. The van der Waals surface area contributed by atoms with Gasteiger partial charge >= 0.3 is 0 Å². The minimum Gasteiger partial charge on any atom is -0.391 e. The zero-order valence-electron chi connectivity index (χ0n) is 13.4. The van der Waals surface area contributed by atoms with Gasteiger partial charge in [0.05, 0.1) is 11.9 Å². The molecule has 0 spiro atoms. The van der Waals surface area contributed by atoms with Crippen molar-refractivity contribution in [3.05, 3.63) is 29.6 Å². The molecule has 1 saturated heterocycles. The Morgan fingerprint density at radius 2 is 2.09 bits per heavy atom. The fourth-order valence-electron chi connectivity index (χ4n) is 2.72. The van der Waals surface area contributed by atoms with Gasteiger partial charge in [0.15, 0.2) is 0 Å². The van der Waals surface area contributed by atoms with Crippen LogP contribution in [0.15, 0.2) is 18.2 Å². The van der Waals surface area contributed by atoms with Gasteiger partial charge in [-0.05, 0) is 19.1 Å². The first-order valence-electron chi connectivity index (χ1n) is 7.51. The van der Waals surface area contributed by atoms with Crippen molar-refractivity contribution >= 4 is 10.0 Å². The van der Waals surface area contributed by atoms with Crippen LogP contribution >= 0.6 is 0 Å². The quantitative estimate of drug-likeness (QED) is 0.803. The highest BCUT2D eigenvalue weighted by atomic mass is 32.2. The number of aliphatic hydroxyl groups excluding tert-OH is 1. The van der Waals surface area contributed by atoms with Crippen LogP contribution in [-0.4, -0.2) is 73.3 Å². The highest BCUT2D eigenvalue weighted by molar-refractivity contribution is 7.89. The molecule has 7 heteroatoms. The number of aliphatic hydroxyl groups is 1. The molecule has 0 aromatic carbocycles. The summed E-state index contributed by atoms with van der Waals surface area (Å²) < 4.78 is 25.1. The van der Waals surface area contributed by atoms with Gasteiger partial charge < -0.3 is 5.11 Å². The van der Waals surface area contributed by atoms with Crippen LogP contribution in [0, 0.1) is 12.8 Å². The molecule has 124 valence electrons. The highest BCUT2D eigenvalue weighted by Gasteiger charge is 2.34. The van der Waals surface area contributed by atoms with Gasteiger partial charge in [-0.1, -0.05) is 6.07 Å². The zero-order chi connectivity index (χ0) is 16.3. The third-order valence-electron chi connectivity index (χ3n) is 4.09. The molecule has 0 radical (unpaired) electrons. The van der Waals surface area contributed by atoms with E-state index in [0.29, 0.717) is 13.1 Å². The van der Waals surface area contributed by atoms with E-state index >= 15 is 0 Å². The van der Waals surface area contributed by atoms with Gasteiger partial charge in [0.1, 0.15) is 0 Å². The fraction of sp³-hybridized carbons (Fsp3) is 0.667. The summed E-state index contributed by atoms with van der Waals surface area (Å²) in [5.41, 5.74) is 2.02. The van der Waals surface area contributed by atoms with Gasteiger partial charge in [-0.15, -0.1) is 0 Å². The summed E-state index contributed by atoms with van der Waals surface area (Å²) in [6, 6.07) is 5.95. The van der Waals surface area contributed by atoms with Gasteiger partial charge in [-0.25, -0.2) is 12.7 Å². The van der Waals surface area contributed by atoms with E-state index in [1.54, 1.807) is 0 Å². The number of pyridine rings is 1. The number of nitrogens with zero attached hydrogens (tertiary/aromatic N) is 3. The molecule has 22 heavy (non-hydrogen) atoms. The average molecular weight is 327 g/mol. The largest absolute Gasteiger partial charge is 0.391 e. The Labute approximate surface area is 132 Å². The van der Waals surface area contributed by atoms with E-state index in [-0.39, 0.29) is 11.7 Å². The Balaban J connectivity index is 1.88. The van der Waals surface area contributed by atoms with Crippen LogP contribution in [0.1, 0.15) is 11.4 Å². The lowest BCUT2D eigenvalue weighted by molar-refractivity contribution is 0.149. The predicted molar refractivity (Wildman–Crippen MR) is 86.1 cm³/mol. The van der Waals surface area contributed by atoms with Crippen LogP contribution in [0.3, 0.4) is 0 Å². The van der Waals surface area contributed by atoms with Crippen molar-refractivity contribution in [1.29, 1.82) is 0 Å². The average Bonchev–Trinajstić information content (AvgIpc) is 2.76. The van der Waals surface area contributed by atoms with Crippen molar-refractivity contribution in [2.45, 2.75) is 19.4 Å². The van der Waals surface area contributed by atoms with Crippen molar-refractivity contribution < 1.29 is 13.5 Å². The Kier molecular flexibility index (Phi) is 5.55. The Morgan fingerprint density at radius 3 is 2.73 bits per heavy atom. The molecule has 0 unspecified atom stereocenters. The molecule has 1 N–H and O–H groups in total. The lowest BCUT2D eigenvalue weighted by atomic mass is 10.1. The molecule has 1 fully saturated rings. The van der Waals surface area contributed by atoms with Gasteiger partial charge in [0, 0.05) is 57.5 Å². The van der Waals surface area contributed by atoms with E-state index in [1.165, 1.54) is 18.4 Å². The van der Waals surface area contributed by atoms with Gasteiger partial charge in [0.2, 0.25) is 10.0 Å². The molecule has 0 bridgehead atoms. The number of likely N-dealkylation sites (tertiary alicyclic amines) is 1. The third kappa shape index (κ3) is 4.49. The number of aryl methyl sites for hydroxylation is 1. The molecule has 1 aromatic rings. The maximum atomic E-state index is 11.9. The zero-order valence-corrected chi connectivity index (χ0v) is 14.3. The molecular formula is C15H25N3O3S. The molecule has 1 aliphatic heterocycles. The minimum atomic E-state index is -3.28. The molecule has 6 nitrogen and oxygen atoms in total. The first-order valence-corrected chi connectivity index (χ1v) is 9.12. The monoisotopic (exact) mass is 327 g/mol. The number of β-amino-alcohol motifs (C(OH)–C–C–N with tert-alkyl or cyclic N) is 1. The fourth-order valence-corrected chi connectivity index (χ4v) is 3.89. The van der Waals surface area contributed by atoms with E-state index in [9.17, 15) is 13.5 Å². The second kappa shape index (κ2) is 7.04. The van der Waals surface area contributed by atoms with Crippen molar-refractivity contribution in [2.75, 3.05) is 39.5 Å². The lowest BCUT2D eigenvalue weighted by Crippen LogP contribution is -2.33. The number of hydrogen-bond acceptors (Lipinski definition) is 5. The second-order valence-electron chi connectivity index (χ2n) is 6.17. The molecule has 1 aromatic heterocycles. The molecule has 0 aliphatic carbocycles. The summed E-state index contributed by atoms with van der Waals surface area (Å²) in [6.45, 7) is 3.89. The highest BCUT2D eigenvalue weighted by Crippen LogP contribution is 2.20.